The largest absolute Gasteiger partial charge is 0.496 e. The van der Waals surface area contributed by atoms with E-state index in [0.717, 1.165) is 75.5 Å². The van der Waals surface area contributed by atoms with Crippen LogP contribution in [0.15, 0.2) is 30.3 Å². The van der Waals surface area contributed by atoms with Gasteiger partial charge >= 0.3 is 6.09 Å². The lowest BCUT2D eigenvalue weighted by molar-refractivity contribution is -0.0570. The number of methoxy groups -OCH3 is 2. The van der Waals surface area contributed by atoms with Crippen molar-refractivity contribution in [3.05, 3.63) is 41.5 Å². The predicted octanol–water partition coefficient (Wildman–Crippen LogP) is 7.32. The highest BCUT2D eigenvalue weighted by atomic mass is 32.1. The zero-order chi connectivity index (χ0) is 35.5. The number of pyridine rings is 1. The number of aryl methyl sites for hydroxylation is 1. The lowest BCUT2D eigenvalue weighted by atomic mass is 9.78. The summed E-state index contributed by atoms with van der Waals surface area (Å²) < 4.78 is 35.3. The summed E-state index contributed by atoms with van der Waals surface area (Å²) in [7, 11) is 3.40. The van der Waals surface area contributed by atoms with Crippen LogP contribution in [0.4, 0.5) is 15.0 Å². The highest BCUT2D eigenvalue weighted by molar-refractivity contribution is 7.22. The third kappa shape index (κ3) is 6.52. The quantitative estimate of drug-likeness (QED) is 0.205. The molecule has 12 heteroatoms. The van der Waals surface area contributed by atoms with E-state index in [-0.39, 0.29) is 18.9 Å². The number of nitrogens with two attached hydrogens (primary N) is 1. The van der Waals surface area contributed by atoms with Crippen molar-refractivity contribution in [2.45, 2.75) is 90.8 Å². The average molecular weight is 706 g/mol. The summed E-state index contributed by atoms with van der Waals surface area (Å²) in [5, 5.41) is 2.05. The molecule has 50 heavy (non-hydrogen) atoms. The molecule has 0 spiro atoms. The Hall–Kier alpha value is -3.90. The van der Waals surface area contributed by atoms with E-state index >= 15 is 4.39 Å². The molecule has 2 saturated heterocycles. The van der Waals surface area contributed by atoms with Gasteiger partial charge in [-0.2, -0.15) is 0 Å². The summed E-state index contributed by atoms with van der Waals surface area (Å²) in [6.45, 7) is 10.6. The molecular weight excluding hydrogens is 658 g/mol. The molecule has 1 saturated carbocycles. The fourth-order valence-corrected chi connectivity index (χ4v) is 9.35. The minimum absolute atomic E-state index is 0.0119. The van der Waals surface area contributed by atoms with Crippen LogP contribution in [0.2, 0.25) is 0 Å². The number of fused-ring (bicyclic) bond motifs is 2. The van der Waals surface area contributed by atoms with Gasteiger partial charge in [0.2, 0.25) is 0 Å². The number of carbonyl (C=O) groups excluding carboxylic acids is 2. The Balaban J connectivity index is 1.28. The first-order valence-corrected chi connectivity index (χ1v) is 18.5. The standard InChI is InChI=1S/C38H48FN5O5S/c1-21-32-28(48-6)16-24(36(45)44-20-25(39)18-29(49-37(40)46)34(44)38(2,3)4)17-30(32)50-33(21)27-15-23-9-10-31(42-13-11-26(47-5)12-14-42)41-35(23)43(27)19-22-7-8-22/h9-10,15-17,22,25-26,29,34H,7-8,11-14,18-20H2,1-6H3,(H2,40,46)/t25-,29-,34?/m1/s1. The molecule has 268 valence electrons. The van der Waals surface area contributed by atoms with E-state index in [1.54, 1.807) is 31.6 Å². The fourth-order valence-electron chi connectivity index (χ4n) is 8.06. The summed E-state index contributed by atoms with van der Waals surface area (Å²) in [5.41, 5.74) is 8.43. The second-order valence-electron chi connectivity index (χ2n) is 15.3. The van der Waals surface area contributed by atoms with Crippen LogP contribution in [-0.4, -0.2) is 84.7 Å². The third-order valence-electron chi connectivity index (χ3n) is 10.6. The number of piperidine rings is 2. The zero-order valence-electron chi connectivity index (χ0n) is 29.8. The molecule has 3 aromatic heterocycles. The Labute approximate surface area is 296 Å². The van der Waals surface area contributed by atoms with Crippen LogP contribution in [-0.2, 0) is 16.0 Å². The number of hydrogen-bond donors (Lipinski definition) is 1. The van der Waals surface area contributed by atoms with E-state index in [1.165, 1.54) is 17.7 Å². The van der Waals surface area contributed by atoms with Gasteiger partial charge in [0.05, 0.1) is 36.4 Å². The number of ether oxygens (including phenoxy) is 3. The van der Waals surface area contributed by atoms with Gasteiger partial charge < -0.3 is 34.3 Å². The Kier molecular flexibility index (Phi) is 9.21. The Morgan fingerprint density at radius 1 is 1.08 bits per heavy atom. The minimum Gasteiger partial charge on any atom is -0.496 e. The monoisotopic (exact) mass is 705 g/mol. The summed E-state index contributed by atoms with van der Waals surface area (Å²) >= 11 is 1.63. The van der Waals surface area contributed by atoms with Gasteiger partial charge in [0, 0.05) is 54.2 Å². The first kappa shape index (κ1) is 34.5. The van der Waals surface area contributed by atoms with Crippen LogP contribution >= 0.6 is 11.3 Å². The van der Waals surface area contributed by atoms with Gasteiger partial charge in [-0.05, 0) is 79.8 Å². The zero-order valence-corrected chi connectivity index (χ0v) is 30.6. The van der Waals surface area contributed by atoms with E-state index in [4.69, 9.17) is 24.9 Å². The summed E-state index contributed by atoms with van der Waals surface area (Å²) in [6, 6.07) is 9.62. The number of likely N-dealkylation sites (tertiary alicyclic amines) is 1. The summed E-state index contributed by atoms with van der Waals surface area (Å²) in [4.78, 5) is 36.3. The van der Waals surface area contributed by atoms with Crippen molar-refractivity contribution < 1.29 is 28.2 Å². The SMILES string of the molecule is COc1cc(C(=O)N2C[C@H](F)C[C@@H](OC(N)=O)C2C(C)(C)C)cc2sc(-c3cc4ccc(N5CCC(OC)CC5)nc4n3CC3CC3)c(C)c12. The predicted molar refractivity (Wildman–Crippen MR) is 195 cm³/mol. The summed E-state index contributed by atoms with van der Waals surface area (Å²) in [6.07, 6.45) is 1.50. The third-order valence-corrected chi connectivity index (χ3v) is 11.9. The van der Waals surface area contributed by atoms with E-state index < -0.39 is 29.8 Å². The Morgan fingerprint density at radius 2 is 1.82 bits per heavy atom. The highest BCUT2D eigenvalue weighted by Gasteiger charge is 2.47. The molecule has 3 aliphatic rings. The van der Waals surface area contributed by atoms with Gasteiger partial charge in [-0.3, -0.25) is 4.79 Å². The van der Waals surface area contributed by atoms with Crippen LogP contribution in [0.5, 0.6) is 5.75 Å². The number of amides is 2. The maximum atomic E-state index is 15.1. The van der Waals surface area contributed by atoms with Crippen molar-refractivity contribution in [3.63, 3.8) is 0 Å². The smallest absolute Gasteiger partial charge is 0.404 e. The maximum Gasteiger partial charge on any atom is 0.404 e. The number of benzene rings is 1. The topological polar surface area (TPSA) is 112 Å². The molecular formula is C38H48FN5O5S. The number of thiophene rings is 1. The van der Waals surface area contributed by atoms with Crippen molar-refractivity contribution in [1.82, 2.24) is 14.5 Å². The Morgan fingerprint density at radius 3 is 2.46 bits per heavy atom. The molecule has 4 aromatic rings. The second-order valence-corrected chi connectivity index (χ2v) is 16.3. The van der Waals surface area contributed by atoms with Crippen molar-refractivity contribution >= 4 is 50.3 Å². The van der Waals surface area contributed by atoms with Crippen LogP contribution < -0.4 is 15.4 Å². The lowest BCUT2D eigenvalue weighted by Crippen LogP contribution is -2.61. The van der Waals surface area contributed by atoms with E-state index in [1.807, 2.05) is 26.8 Å². The molecule has 3 fully saturated rings. The van der Waals surface area contributed by atoms with Crippen LogP contribution in [0.3, 0.4) is 0 Å². The van der Waals surface area contributed by atoms with Gasteiger partial charge in [-0.1, -0.05) is 20.8 Å². The van der Waals surface area contributed by atoms with E-state index in [9.17, 15) is 9.59 Å². The molecule has 0 bridgehead atoms. The number of carbonyl (C=O) groups is 2. The molecule has 7 rings (SSSR count). The second kappa shape index (κ2) is 13.3. The number of nitrogens with zero attached hydrogens (tertiary/aromatic N) is 4. The number of anilines is 1. The van der Waals surface area contributed by atoms with Crippen molar-refractivity contribution in [2.24, 2.45) is 17.1 Å². The minimum atomic E-state index is -1.36. The van der Waals surface area contributed by atoms with Gasteiger partial charge in [0.15, 0.2) is 0 Å². The highest BCUT2D eigenvalue weighted by Crippen LogP contribution is 2.46. The molecule has 3 atom stereocenters. The van der Waals surface area contributed by atoms with Crippen LogP contribution in [0.1, 0.15) is 68.8 Å². The van der Waals surface area contributed by atoms with Crippen molar-refractivity contribution in [2.75, 3.05) is 38.8 Å². The lowest BCUT2D eigenvalue weighted by Gasteiger charge is -2.48. The average Bonchev–Trinajstić information content (AvgIpc) is 3.75. The summed E-state index contributed by atoms with van der Waals surface area (Å²) in [5.74, 6) is 1.87. The van der Waals surface area contributed by atoms with Gasteiger partial charge in [-0.15, -0.1) is 11.3 Å². The molecule has 2 aliphatic heterocycles. The van der Waals surface area contributed by atoms with Gasteiger partial charge in [0.1, 0.15) is 29.5 Å². The van der Waals surface area contributed by atoms with Crippen LogP contribution in [0.25, 0.3) is 31.7 Å². The molecule has 10 nitrogen and oxygen atoms in total. The molecule has 2 N–H and O–H groups in total. The Bertz CT molecular complexity index is 1920. The normalized spacial score (nSPS) is 22.0. The van der Waals surface area contributed by atoms with Crippen LogP contribution in [0, 0.1) is 18.3 Å². The molecule has 0 radical (unpaired) electrons. The van der Waals surface area contributed by atoms with Gasteiger partial charge in [0.25, 0.3) is 5.91 Å². The number of aromatic nitrogens is 2. The first-order valence-electron chi connectivity index (χ1n) is 17.7. The number of hydrogen-bond acceptors (Lipinski definition) is 8. The molecule has 2 amide bonds. The fraction of sp³-hybridized carbons (Fsp3) is 0.553. The number of halogens is 1. The van der Waals surface area contributed by atoms with Crippen molar-refractivity contribution in [3.8, 4) is 16.3 Å². The molecule has 1 aromatic carbocycles. The number of rotatable bonds is 8. The van der Waals surface area contributed by atoms with Gasteiger partial charge in [-0.25, -0.2) is 14.2 Å². The molecule has 1 aliphatic carbocycles. The number of alkyl halides is 1. The number of primary amides is 1. The van der Waals surface area contributed by atoms with E-state index in [2.05, 4.69) is 34.6 Å². The first-order chi connectivity index (χ1) is 23.9. The molecule has 5 heterocycles. The van der Waals surface area contributed by atoms with E-state index in [0.29, 0.717) is 23.3 Å². The maximum absolute atomic E-state index is 15.1. The molecule has 1 unspecified atom stereocenters. The van der Waals surface area contributed by atoms with Crippen molar-refractivity contribution in [1.29, 1.82) is 0 Å².